The van der Waals surface area contributed by atoms with Gasteiger partial charge in [-0.25, -0.2) is 0 Å². The van der Waals surface area contributed by atoms with Gasteiger partial charge in [0.2, 0.25) is 0 Å². The molecule has 0 spiro atoms. The van der Waals surface area contributed by atoms with Crippen molar-refractivity contribution in [3.8, 4) is 0 Å². The maximum absolute atomic E-state index is 2.32. The Kier molecular flexibility index (Phi) is 2.68. The molecular formula is C18H14Se. The van der Waals surface area contributed by atoms with E-state index in [1.807, 2.05) is 0 Å². The van der Waals surface area contributed by atoms with Gasteiger partial charge in [-0.05, 0) is 0 Å². The second-order valence-corrected chi connectivity index (χ2v) is 7.24. The van der Waals surface area contributed by atoms with Crippen molar-refractivity contribution >= 4 is 25.3 Å². The first-order valence-electron chi connectivity index (χ1n) is 6.65. The predicted molar refractivity (Wildman–Crippen MR) is 82.9 cm³/mol. The summed E-state index contributed by atoms with van der Waals surface area (Å²) in [7, 11) is 0. The van der Waals surface area contributed by atoms with Gasteiger partial charge in [0.1, 0.15) is 0 Å². The molecule has 0 fully saturated rings. The molecule has 92 valence electrons. The summed E-state index contributed by atoms with van der Waals surface area (Å²) in [6.07, 6.45) is 17.9. The normalized spacial score (nSPS) is 18.3. The molecule has 2 aliphatic carbocycles. The van der Waals surface area contributed by atoms with Crippen molar-refractivity contribution in [3.05, 3.63) is 81.7 Å². The van der Waals surface area contributed by atoms with Crippen molar-refractivity contribution in [1.82, 2.24) is 0 Å². The van der Waals surface area contributed by atoms with Gasteiger partial charge in [-0.1, -0.05) is 0 Å². The molecule has 2 aromatic rings. The first-order valence-corrected chi connectivity index (χ1v) is 8.36. The van der Waals surface area contributed by atoms with Crippen LogP contribution in [0.3, 0.4) is 0 Å². The first kappa shape index (κ1) is 11.3. The van der Waals surface area contributed by atoms with E-state index in [4.69, 9.17) is 0 Å². The zero-order valence-corrected chi connectivity index (χ0v) is 12.2. The topological polar surface area (TPSA) is 0 Å². The van der Waals surface area contributed by atoms with E-state index in [0.29, 0.717) is 26.3 Å². The quantitative estimate of drug-likeness (QED) is 0.725. The number of allylic oxidation sites excluding steroid dienone is 8. The van der Waals surface area contributed by atoms with Gasteiger partial charge in [-0.15, -0.1) is 0 Å². The minimum atomic E-state index is 0.469. The SMILES string of the molecule is C1=CC(c2[se]c(C3C=CC=C3)c3ccccc23)C=C1. The average molecular weight is 309 g/mol. The van der Waals surface area contributed by atoms with E-state index in [0.717, 1.165) is 0 Å². The predicted octanol–water partition coefficient (Wildman–Crippen LogP) is 4.32. The van der Waals surface area contributed by atoms with Crippen LogP contribution in [0.2, 0.25) is 0 Å². The fourth-order valence-electron chi connectivity index (χ4n) is 2.85. The molecule has 0 unspecified atom stereocenters. The van der Waals surface area contributed by atoms with Crippen molar-refractivity contribution in [2.45, 2.75) is 11.8 Å². The summed E-state index contributed by atoms with van der Waals surface area (Å²) in [5.74, 6) is 1.04. The van der Waals surface area contributed by atoms with E-state index in [1.165, 1.54) is 10.8 Å². The van der Waals surface area contributed by atoms with E-state index in [2.05, 4.69) is 72.9 Å². The Morgan fingerprint density at radius 2 is 1.05 bits per heavy atom. The fourth-order valence-corrected chi connectivity index (χ4v) is 5.79. The number of benzene rings is 1. The third-order valence-electron chi connectivity index (χ3n) is 3.78. The molecule has 0 N–H and O–H groups in total. The molecule has 0 saturated heterocycles. The zero-order chi connectivity index (χ0) is 12.7. The molecule has 1 aromatic carbocycles. The second-order valence-electron chi connectivity index (χ2n) is 4.97. The van der Waals surface area contributed by atoms with E-state index in [1.54, 1.807) is 8.87 Å². The molecule has 19 heavy (non-hydrogen) atoms. The Balaban J connectivity index is 1.94. The molecule has 0 saturated carbocycles. The second kappa shape index (κ2) is 4.52. The van der Waals surface area contributed by atoms with Crippen LogP contribution in [0.1, 0.15) is 20.7 Å². The minimum absolute atomic E-state index is 0.469. The van der Waals surface area contributed by atoms with Crippen LogP contribution in [0.5, 0.6) is 0 Å². The molecule has 0 atom stereocenters. The molecule has 1 aromatic heterocycles. The van der Waals surface area contributed by atoms with Gasteiger partial charge in [0.05, 0.1) is 0 Å². The standard InChI is InChI=1S/C18H14Se/c1-2-8-13(7-1)17-15-11-5-6-12-16(15)18(19-17)14-9-3-4-10-14/h1-14H. The molecule has 0 bridgehead atoms. The number of hydrogen-bond acceptors (Lipinski definition) is 0. The van der Waals surface area contributed by atoms with Crippen molar-refractivity contribution in [2.24, 2.45) is 0 Å². The van der Waals surface area contributed by atoms with Gasteiger partial charge in [0.15, 0.2) is 0 Å². The molecule has 0 radical (unpaired) electrons. The van der Waals surface area contributed by atoms with Crippen molar-refractivity contribution < 1.29 is 0 Å². The van der Waals surface area contributed by atoms with Gasteiger partial charge in [0.25, 0.3) is 0 Å². The molecule has 2 aliphatic rings. The molecule has 0 amide bonds. The van der Waals surface area contributed by atoms with E-state index in [9.17, 15) is 0 Å². The van der Waals surface area contributed by atoms with Gasteiger partial charge in [0, 0.05) is 0 Å². The van der Waals surface area contributed by atoms with Crippen molar-refractivity contribution in [1.29, 1.82) is 0 Å². The Bertz CT molecular complexity index is 654. The summed E-state index contributed by atoms with van der Waals surface area (Å²) >= 11 is 0.469. The van der Waals surface area contributed by atoms with Crippen LogP contribution >= 0.6 is 0 Å². The van der Waals surface area contributed by atoms with Crippen molar-refractivity contribution in [3.63, 3.8) is 0 Å². The van der Waals surface area contributed by atoms with Gasteiger partial charge in [-0.2, -0.15) is 0 Å². The summed E-state index contributed by atoms with van der Waals surface area (Å²) in [6.45, 7) is 0. The monoisotopic (exact) mass is 310 g/mol. The van der Waals surface area contributed by atoms with E-state index >= 15 is 0 Å². The van der Waals surface area contributed by atoms with Crippen LogP contribution in [-0.2, 0) is 0 Å². The van der Waals surface area contributed by atoms with Crippen molar-refractivity contribution in [2.75, 3.05) is 0 Å². The molecule has 0 aliphatic heterocycles. The zero-order valence-electron chi connectivity index (χ0n) is 10.5. The van der Waals surface area contributed by atoms with Crippen LogP contribution in [0.25, 0.3) is 10.8 Å². The first-order chi connectivity index (χ1) is 9.43. The number of fused-ring (bicyclic) bond motifs is 1. The summed E-state index contributed by atoms with van der Waals surface area (Å²) in [5, 5.41) is 2.96. The number of rotatable bonds is 2. The van der Waals surface area contributed by atoms with E-state index < -0.39 is 0 Å². The van der Waals surface area contributed by atoms with Gasteiger partial charge < -0.3 is 0 Å². The Morgan fingerprint density at radius 3 is 1.47 bits per heavy atom. The maximum atomic E-state index is 2.32. The number of hydrogen-bond donors (Lipinski definition) is 0. The molecule has 0 nitrogen and oxygen atoms in total. The molecule has 4 rings (SSSR count). The van der Waals surface area contributed by atoms with Gasteiger partial charge >= 0.3 is 119 Å². The Hall–Kier alpha value is -1.56. The third kappa shape index (κ3) is 1.82. The summed E-state index contributed by atoms with van der Waals surface area (Å²) in [5.41, 5.74) is 0. The molecule has 1 heterocycles. The van der Waals surface area contributed by atoms with Crippen LogP contribution in [-0.4, -0.2) is 14.5 Å². The molecular weight excluding hydrogens is 295 g/mol. The average Bonchev–Trinajstić information content (AvgIpc) is 3.18. The Morgan fingerprint density at radius 1 is 0.632 bits per heavy atom. The molecule has 1 heteroatoms. The van der Waals surface area contributed by atoms with Crippen LogP contribution in [0.15, 0.2) is 72.9 Å². The summed E-state index contributed by atoms with van der Waals surface area (Å²) < 4.78 is 3.24. The summed E-state index contributed by atoms with van der Waals surface area (Å²) in [6, 6.07) is 8.92. The van der Waals surface area contributed by atoms with Crippen LogP contribution < -0.4 is 0 Å². The van der Waals surface area contributed by atoms with E-state index in [-0.39, 0.29) is 0 Å². The Labute approximate surface area is 119 Å². The fraction of sp³-hybridized carbons (Fsp3) is 0.111. The van der Waals surface area contributed by atoms with Gasteiger partial charge in [-0.3, -0.25) is 0 Å². The summed E-state index contributed by atoms with van der Waals surface area (Å²) in [4.78, 5) is 0. The van der Waals surface area contributed by atoms with Crippen LogP contribution in [0.4, 0.5) is 0 Å². The van der Waals surface area contributed by atoms with Crippen LogP contribution in [0, 0.1) is 0 Å². The third-order valence-corrected chi connectivity index (χ3v) is 6.77.